The zero-order valence-electron chi connectivity index (χ0n) is 21.5. The molecule has 0 heterocycles. The van der Waals surface area contributed by atoms with E-state index in [1.807, 2.05) is 0 Å². The van der Waals surface area contributed by atoms with E-state index in [2.05, 4.69) is 76.4 Å². The maximum absolute atomic E-state index is 13.9. The van der Waals surface area contributed by atoms with Gasteiger partial charge in [0.15, 0.2) is 0 Å². The van der Waals surface area contributed by atoms with Crippen molar-refractivity contribution in [3.05, 3.63) is 57.6 Å². The molecule has 2 aromatic rings. The van der Waals surface area contributed by atoms with Crippen LogP contribution in [0.4, 0.5) is 11.4 Å². The van der Waals surface area contributed by atoms with Crippen molar-refractivity contribution in [1.82, 2.24) is 0 Å². The minimum absolute atomic E-state index is 0.122. The summed E-state index contributed by atoms with van der Waals surface area (Å²) in [6, 6.07) is 8.51. The first-order chi connectivity index (χ1) is 16.0. The Hall–Kier alpha value is -2.62. The minimum atomic E-state index is -0.442. The van der Waals surface area contributed by atoms with Crippen molar-refractivity contribution >= 4 is 23.2 Å². The maximum atomic E-state index is 13.9. The number of hydrogen-bond acceptors (Lipinski definition) is 2. The third-order valence-corrected chi connectivity index (χ3v) is 8.86. The van der Waals surface area contributed by atoms with Crippen molar-refractivity contribution in [2.24, 2.45) is 22.7 Å². The standard InChI is InChI=1S/C30H38N2O2/c1-17-7-19(3)25(20(4)8-17)31-27(33)29-12-23-11-24(13-29)15-30(14-23,16-29)28(34)32-26-21(5)9-18(2)10-22(26)6/h7-10,23-24H,11-16H2,1-6H3,(H,31,33)(H,32,34). The van der Waals surface area contributed by atoms with E-state index in [1.54, 1.807) is 0 Å². The summed E-state index contributed by atoms with van der Waals surface area (Å²) in [5.41, 5.74) is 7.83. The van der Waals surface area contributed by atoms with Gasteiger partial charge >= 0.3 is 0 Å². The number of hydrogen-bond donors (Lipinski definition) is 2. The zero-order chi connectivity index (χ0) is 24.4. The summed E-state index contributed by atoms with van der Waals surface area (Å²) < 4.78 is 0. The first-order valence-corrected chi connectivity index (χ1v) is 12.8. The summed E-state index contributed by atoms with van der Waals surface area (Å²) in [6.45, 7) is 12.4. The number of rotatable bonds is 4. The summed E-state index contributed by atoms with van der Waals surface area (Å²) in [7, 11) is 0. The second kappa shape index (κ2) is 7.96. The summed E-state index contributed by atoms with van der Waals surface area (Å²) >= 11 is 0. The Bertz CT molecular complexity index is 1040. The van der Waals surface area contributed by atoms with Crippen LogP contribution in [0.3, 0.4) is 0 Å². The van der Waals surface area contributed by atoms with Gasteiger partial charge in [-0.15, -0.1) is 0 Å². The molecule has 0 aromatic heterocycles. The number of benzene rings is 2. The molecule has 4 saturated carbocycles. The van der Waals surface area contributed by atoms with E-state index in [4.69, 9.17) is 0 Å². The lowest BCUT2D eigenvalue weighted by Gasteiger charge is -2.60. The van der Waals surface area contributed by atoms with E-state index in [-0.39, 0.29) is 11.8 Å². The van der Waals surface area contributed by atoms with Gasteiger partial charge in [-0.3, -0.25) is 9.59 Å². The highest BCUT2D eigenvalue weighted by Crippen LogP contribution is 2.65. The lowest BCUT2D eigenvalue weighted by molar-refractivity contribution is -0.161. The molecule has 4 aliphatic carbocycles. The molecule has 180 valence electrons. The fourth-order valence-electron chi connectivity index (χ4n) is 8.04. The predicted octanol–water partition coefficient (Wildman–Crippen LogP) is 6.70. The van der Waals surface area contributed by atoms with Gasteiger partial charge < -0.3 is 10.6 Å². The number of aryl methyl sites for hydroxylation is 6. The average molecular weight is 459 g/mol. The van der Waals surface area contributed by atoms with Crippen LogP contribution in [0.2, 0.25) is 0 Å². The molecule has 6 rings (SSSR count). The fraction of sp³-hybridized carbons (Fsp3) is 0.533. The van der Waals surface area contributed by atoms with Gasteiger partial charge in [-0.1, -0.05) is 35.4 Å². The molecule has 0 aliphatic heterocycles. The predicted molar refractivity (Wildman–Crippen MR) is 138 cm³/mol. The number of carbonyl (C=O) groups excluding carboxylic acids is 2. The second-order valence-electron chi connectivity index (χ2n) is 12.0. The van der Waals surface area contributed by atoms with Crippen molar-refractivity contribution in [3.63, 3.8) is 0 Å². The van der Waals surface area contributed by atoms with Gasteiger partial charge in [0.2, 0.25) is 11.8 Å². The monoisotopic (exact) mass is 458 g/mol. The zero-order valence-corrected chi connectivity index (χ0v) is 21.5. The van der Waals surface area contributed by atoms with Crippen molar-refractivity contribution in [3.8, 4) is 0 Å². The first kappa shape index (κ1) is 23.1. The van der Waals surface area contributed by atoms with E-state index in [0.717, 1.165) is 65.7 Å². The van der Waals surface area contributed by atoms with Crippen LogP contribution in [0.1, 0.15) is 71.9 Å². The summed E-state index contributed by atoms with van der Waals surface area (Å²) in [5, 5.41) is 6.64. The Labute approximate surface area is 203 Å². The van der Waals surface area contributed by atoms with E-state index in [9.17, 15) is 9.59 Å². The quantitative estimate of drug-likeness (QED) is 0.535. The molecule has 34 heavy (non-hydrogen) atoms. The second-order valence-corrected chi connectivity index (χ2v) is 12.0. The van der Waals surface area contributed by atoms with Gasteiger partial charge in [0, 0.05) is 11.4 Å². The Morgan fingerprint density at radius 3 is 1.29 bits per heavy atom. The molecule has 4 heteroatoms. The molecule has 4 nitrogen and oxygen atoms in total. The van der Waals surface area contributed by atoms with Crippen molar-refractivity contribution in [1.29, 1.82) is 0 Å². The normalized spacial score (nSPS) is 29.2. The molecule has 0 spiro atoms. The Balaban J connectivity index is 1.43. The van der Waals surface area contributed by atoms with Gasteiger partial charge in [0.25, 0.3) is 0 Å². The van der Waals surface area contributed by atoms with Gasteiger partial charge in [0.1, 0.15) is 0 Å². The molecule has 2 N–H and O–H groups in total. The Morgan fingerprint density at radius 1 is 0.647 bits per heavy atom. The molecule has 2 amide bonds. The van der Waals surface area contributed by atoms with E-state index in [1.165, 1.54) is 11.1 Å². The summed E-state index contributed by atoms with van der Waals surface area (Å²) in [5.74, 6) is 1.16. The number of carbonyl (C=O) groups is 2. The van der Waals surface area contributed by atoms with E-state index >= 15 is 0 Å². The summed E-state index contributed by atoms with van der Waals surface area (Å²) in [6.07, 6.45) is 5.48. The largest absolute Gasteiger partial charge is 0.325 e. The Morgan fingerprint density at radius 2 is 0.971 bits per heavy atom. The van der Waals surface area contributed by atoms with Crippen molar-refractivity contribution in [2.45, 2.75) is 80.1 Å². The van der Waals surface area contributed by atoms with E-state index < -0.39 is 10.8 Å². The SMILES string of the molecule is Cc1cc(C)c(NC(=O)C23CC4CC(C2)CC(C(=O)Nc2c(C)cc(C)cc2C)(C4)C3)c(C)c1. The lowest BCUT2D eigenvalue weighted by atomic mass is 9.43. The van der Waals surface area contributed by atoms with E-state index in [0.29, 0.717) is 18.3 Å². The van der Waals surface area contributed by atoms with Crippen LogP contribution in [0.25, 0.3) is 0 Å². The van der Waals surface area contributed by atoms with Crippen LogP contribution in [0.5, 0.6) is 0 Å². The van der Waals surface area contributed by atoms with Gasteiger partial charge in [-0.25, -0.2) is 0 Å². The lowest BCUT2D eigenvalue weighted by Crippen LogP contribution is -2.59. The van der Waals surface area contributed by atoms with Crippen LogP contribution in [0.15, 0.2) is 24.3 Å². The molecular weight excluding hydrogens is 420 g/mol. The van der Waals surface area contributed by atoms with Crippen LogP contribution >= 0.6 is 0 Å². The molecule has 4 bridgehead atoms. The van der Waals surface area contributed by atoms with Crippen LogP contribution in [-0.2, 0) is 9.59 Å². The molecule has 2 aromatic carbocycles. The van der Waals surface area contributed by atoms with Crippen molar-refractivity contribution in [2.75, 3.05) is 10.6 Å². The number of nitrogens with one attached hydrogen (secondary N) is 2. The topological polar surface area (TPSA) is 58.2 Å². The average Bonchev–Trinajstić information content (AvgIpc) is 2.72. The smallest absolute Gasteiger partial charge is 0.230 e. The molecule has 0 saturated heterocycles. The molecule has 0 radical (unpaired) electrons. The van der Waals surface area contributed by atoms with Crippen molar-refractivity contribution < 1.29 is 9.59 Å². The number of anilines is 2. The molecule has 0 atom stereocenters. The fourth-order valence-corrected chi connectivity index (χ4v) is 8.04. The minimum Gasteiger partial charge on any atom is -0.325 e. The van der Waals surface area contributed by atoms with Crippen LogP contribution in [0, 0.1) is 64.2 Å². The maximum Gasteiger partial charge on any atom is 0.230 e. The highest BCUT2D eigenvalue weighted by molar-refractivity contribution is 6.00. The molecule has 4 fully saturated rings. The third kappa shape index (κ3) is 3.76. The van der Waals surface area contributed by atoms with Crippen LogP contribution < -0.4 is 10.6 Å². The van der Waals surface area contributed by atoms with Gasteiger partial charge in [0.05, 0.1) is 10.8 Å². The number of amides is 2. The molecule has 0 unspecified atom stereocenters. The van der Waals surface area contributed by atoms with Gasteiger partial charge in [-0.2, -0.15) is 0 Å². The van der Waals surface area contributed by atoms with Crippen LogP contribution in [-0.4, -0.2) is 11.8 Å². The first-order valence-electron chi connectivity index (χ1n) is 12.8. The molecule has 4 aliphatic rings. The highest BCUT2D eigenvalue weighted by Gasteiger charge is 2.63. The Kier molecular flexibility index (Phi) is 5.42. The highest BCUT2D eigenvalue weighted by atomic mass is 16.2. The molecular formula is C30H38N2O2. The van der Waals surface area contributed by atoms with Gasteiger partial charge in [-0.05, 0) is 114 Å². The third-order valence-electron chi connectivity index (χ3n) is 8.86. The summed E-state index contributed by atoms with van der Waals surface area (Å²) in [4.78, 5) is 27.8.